The zero-order chi connectivity index (χ0) is 14.5. The molecule has 0 bridgehead atoms. The number of aryl methyl sites for hydroxylation is 1. The van der Waals surface area contributed by atoms with E-state index in [1.807, 2.05) is 0 Å². The average molecular weight is 273 g/mol. The summed E-state index contributed by atoms with van der Waals surface area (Å²) in [4.78, 5) is 25.4. The summed E-state index contributed by atoms with van der Waals surface area (Å²) >= 11 is 0. The monoisotopic (exact) mass is 273 g/mol. The Morgan fingerprint density at radius 1 is 1.40 bits per heavy atom. The molecule has 1 aromatic carbocycles. The van der Waals surface area contributed by atoms with E-state index in [-0.39, 0.29) is 11.4 Å². The molecule has 2 aromatic rings. The molecule has 1 aromatic heterocycles. The molecule has 1 heterocycles. The van der Waals surface area contributed by atoms with Gasteiger partial charge in [0.05, 0.1) is 11.8 Å². The number of carboxylic acid groups (broad SMARTS) is 1. The molecule has 3 N–H and O–H groups in total. The van der Waals surface area contributed by atoms with Gasteiger partial charge in [-0.1, -0.05) is 12.1 Å². The highest BCUT2D eigenvalue weighted by Gasteiger charge is 2.01. The van der Waals surface area contributed by atoms with Crippen molar-refractivity contribution in [1.29, 1.82) is 0 Å². The molecule has 0 saturated heterocycles. The van der Waals surface area contributed by atoms with Gasteiger partial charge < -0.3 is 5.11 Å². The third kappa shape index (κ3) is 3.25. The van der Waals surface area contributed by atoms with Gasteiger partial charge in [0.1, 0.15) is 5.69 Å². The standard InChI is InChI=1S/C12H11N5O3/c1-7-10(14-12(20)17-15-7)16-13-6-8-2-4-9(5-3-8)11(18)19/h2-6H,1H3,(H,18,19)(H2,14,16,17,20). The van der Waals surface area contributed by atoms with Crippen LogP contribution in [-0.2, 0) is 0 Å². The summed E-state index contributed by atoms with van der Waals surface area (Å²) in [6.07, 6.45) is 1.48. The Labute approximate surface area is 113 Å². The highest BCUT2D eigenvalue weighted by atomic mass is 16.4. The molecule has 0 radical (unpaired) electrons. The summed E-state index contributed by atoms with van der Waals surface area (Å²) < 4.78 is 0. The molecule has 0 aliphatic heterocycles. The molecule has 8 heteroatoms. The molecule has 0 atom stereocenters. The van der Waals surface area contributed by atoms with Gasteiger partial charge in [-0.15, -0.1) is 0 Å². The maximum absolute atomic E-state index is 11.0. The summed E-state index contributed by atoms with van der Waals surface area (Å²) in [6, 6.07) is 6.18. The second kappa shape index (κ2) is 5.74. The van der Waals surface area contributed by atoms with E-state index in [0.29, 0.717) is 11.3 Å². The molecular formula is C12H11N5O3. The van der Waals surface area contributed by atoms with Crippen molar-refractivity contribution in [2.24, 2.45) is 5.10 Å². The van der Waals surface area contributed by atoms with Crippen molar-refractivity contribution < 1.29 is 9.90 Å². The number of aromatic carboxylic acids is 1. The minimum atomic E-state index is -0.985. The predicted octanol–water partition coefficient (Wildman–Crippen LogP) is 0.618. The first-order chi connectivity index (χ1) is 9.56. The second-order valence-corrected chi connectivity index (χ2v) is 3.87. The highest BCUT2D eigenvalue weighted by Crippen LogP contribution is 2.04. The van der Waals surface area contributed by atoms with Crippen LogP contribution in [-0.4, -0.2) is 32.5 Å². The Balaban J connectivity index is 2.08. The van der Waals surface area contributed by atoms with Crippen LogP contribution < -0.4 is 11.1 Å². The highest BCUT2D eigenvalue weighted by molar-refractivity contribution is 5.89. The van der Waals surface area contributed by atoms with Crippen LogP contribution in [0.25, 0.3) is 0 Å². The number of hydrazone groups is 1. The number of aromatic nitrogens is 3. The smallest absolute Gasteiger partial charge is 0.363 e. The van der Waals surface area contributed by atoms with Crippen molar-refractivity contribution in [2.75, 3.05) is 5.43 Å². The van der Waals surface area contributed by atoms with Crippen molar-refractivity contribution in [3.05, 3.63) is 51.6 Å². The van der Waals surface area contributed by atoms with Crippen molar-refractivity contribution in [3.8, 4) is 0 Å². The lowest BCUT2D eigenvalue weighted by Crippen LogP contribution is -2.15. The van der Waals surface area contributed by atoms with Crippen LogP contribution in [0.3, 0.4) is 0 Å². The number of carbonyl (C=O) groups is 1. The molecular weight excluding hydrogens is 262 g/mol. The number of hydrogen-bond donors (Lipinski definition) is 3. The largest absolute Gasteiger partial charge is 0.478 e. The van der Waals surface area contributed by atoms with Crippen molar-refractivity contribution in [3.63, 3.8) is 0 Å². The summed E-state index contributed by atoms with van der Waals surface area (Å²) in [7, 11) is 0. The predicted molar refractivity (Wildman–Crippen MR) is 72.0 cm³/mol. The maximum atomic E-state index is 11.0. The van der Waals surface area contributed by atoms with E-state index in [2.05, 4.69) is 25.7 Å². The van der Waals surface area contributed by atoms with E-state index < -0.39 is 11.7 Å². The maximum Gasteiger partial charge on any atom is 0.363 e. The van der Waals surface area contributed by atoms with Crippen molar-refractivity contribution >= 4 is 18.0 Å². The molecule has 0 saturated carbocycles. The number of carboxylic acids is 1. The Kier molecular flexibility index (Phi) is 3.85. The molecule has 0 aliphatic carbocycles. The summed E-state index contributed by atoms with van der Waals surface area (Å²) in [5.74, 6) is -0.729. The van der Waals surface area contributed by atoms with Crippen LogP contribution in [0.1, 0.15) is 21.6 Å². The fraction of sp³-hybridized carbons (Fsp3) is 0.0833. The Hall–Kier alpha value is -3.03. The van der Waals surface area contributed by atoms with E-state index in [9.17, 15) is 9.59 Å². The zero-order valence-electron chi connectivity index (χ0n) is 10.5. The van der Waals surface area contributed by atoms with E-state index in [1.165, 1.54) is 18.3 Å². The summed E-state index contributed by atoms with van der Waals surface area (Å²) in [5.41, 5.74) is 3.44. The lowest BCUT2D eigenvalue weighted by molar-refractivity contribution is 0.0697. The molecule has 20 heavy (non-hydrogen) atoms. The Morgan fingerprint density at radius 2 is 2.10 bits per heavy atom. The number of benzene rings is 1. The van der Waals surface area contributed by atoms with Crippen LogP contribution in [0.4, 0.5) is 5.82 Å². The van der Waals surface area contributed by atoms with Crippen LogP contribution in [0.15, 0.2) is 34.2 Å². The van der Waals surface area contributed by atoms with Crippen LogP contribution in [0.2, 0.25) is 0 Å². The van der Waals surface area contributed by atoms with E-state index >= 15 is 0 Å². The first kappa shape index (κ1) is 13.4. The van der Waals surface area contributed by atoms with E-state index in [0.717, 1.165) is 0 Å². The fourth-order valence-electron chi connectivity index (χ4n) is 1.38. The Morgan fingerprint density at radius 3 is 2.75 bits per heavy atom. The van der Waals surface area contributed by atoms with Gasteiger partial charge in [0, 0.05) is 0 Å². The van der Waals surface area contributed by atoms with Crippen LogP contribution in [0, 0.1) is 6.92 Å². The van der Waals surface area contributed by atoms with Gasteiger partial charge in [0.2, 0.25) is 0 Å². The molecule has 0 spiro atoms. The minimum Gasteiger partial charge on any atom is -0.478 e. The zero-order valence-corrected chi connectivity index (χ0v) is 10.5. The molecule has 0 aliphatic rings. The fourth-order valence-corrected chi connectivity index (χ4v) is 1.38. The van der Waals surface area contributed by atoms with Gasteiger partial charge in [-0.05, 0) is 24.6 Å². The number of anilines is 1. The molecule has 0 unspecified atom stereocenters. The number of nitrogens with zero attached hydrogens (tertiary/aromatic N) is 3. The second-order valence-electron chi connectivity index (χ2n) is 3.87. The van der Waals surface area contributed by atoms with Crippen LogP contribution in [0.5, 0.6) is 0 Å². The molecule has 102 valence electrons. The SMILES string of the molecule is Cc1n[nH]c(=O)nc1NN=Cc1ccc(C(=O)O)cc1. The number of rotatable bonds is 4. The number of nitrogens with one attached hydrogen (secondary N) is 2. The van der Waals surface area contributed by atoms with Gasteiger partial charge in [0.15, 0.2) is 5.82 Å². The number of hydrogen-bond acceptors (Lipinski definition) is 6. The van der Waals surface area contributed by atoms with Crippen molar-refractivity contribution in [1.82, 2.24) is 15.2 Å². The van der Waals surface area contributed by atoms with E-state index in [1.54, 1.807) is 19.1 Å². The average Bonchev–Trinajstić information content (AvgIpc) is 2.43. The molecule has 2 rings (SSSR count). The van der Waals surface area contributed by atoms with Gasteiger partial charge in [-0.2, -0.15) is 15.2 Å². The first-order valence-corrected chi connectivity index (χ1v) is 5.62. The molecule has 0 amide bonds. The van der Waals surface area contributed by atoms with Gasteiger partial charge >= 0.3 is 11.7 Å². The van der Waals surface area contributed by atoms with E-state index in [4.69, 9.17) is 5.11 Å². The lowest BCUT2D eigenvalue weighted by atomic mass is 10.1. The van der Waals surface area contributed by atoms with Gasteiger partial charge in [0.25, 0.3) is 0 Å². The number of aromatic amines is 1. The normalized spacial score (nSPS) is 10.7. The number of H-pyrrole nitrogens is 1. The molecule has 8 nitrogen and oxygen atoms in total. The Bertz CT molecular complexity index is 706. The third-order valence-corrected chi connectivity index (χ3v) is 2.42. The van der Waals surface area contributed by atoms with Gasteiger partial charge in [-0.25, -0.2) is 14.7 Å². The first-order valence-electron chi connectivity index (χ1n) is 5.62. The van der Waals surface area contributed by atoms with Gasteiger partial charge in [-0.3, -0.25) is 5.43 Å². The minimum absolute atomic E-state index is 0.200. The van der Waals surface area contributed by atoms with Crippen molar-refractivity contribution in [2.45, 2.75) is 6.92 Å². The van der Waals surface area contributed by atoms with Crippen LogP contribution >= 0.6 is 0 Å². The lowest BCUT2D eigenvalue weighted by Gasteiger charge is -2.00. The topological polar surface area (TPSA) is 120 Å². The third-order valence-electron chi connectivity index (χ3n) is 2.42. The summed E-state index contributed by atoms with van der Waals surface area (Å²) in [6.45, 7) is 1.67. The summed E-state index contributed by atoms with van der Waals surface area (Å²) in [5, 5.41) is 18.6. The quantitative estimate of drug-likeness (QED) is 0.554. The molecule has 0 fully saturated rings.